The largest absolute Gasteiger partial charge is 0.354 e. The molecule has 0 radical (unpaired) electrons. The quantitative estimate of drug-likeness (QED) is 0.761. The fraction of sp³-hybridized carbons (Fsp3) is 0.500. The first-order chi connectivity index (χ1) is 12.6. The minimum absolute atomic E-state index is 0.0612. The molecule has 0 bridgehead atoms. The fourth-order valence-electron chi connectivity index (χ4n) is 3.48. The van der Waals surface area contributed by atoms with Gasteiger partial charge in [-0.05, 0) is 38.2 Å². The third-order valence-electron chi connectivity index (χ3n) is 4.99. The van der Waals surface area contributed by atoms with Gasteiger partial charge in [-0.25, -0.2) is 9.18 Å². The van der Waals surface area contributed by atoms with Crippen LogP contribution in [0.4, 0.5) is 9.18 Å². The number of carbonyl (C=O) groups excluding carboxylic acids is 2. The number of nitrogens with one attached hydrogen (secondary N) is 1. The van der Waals surface area contributed by atoms with Crippen LogP contribution < -0.4 is 5.32 Å². The minimum atomic E-state index is -0.312. The first-order valence-corrected chi connectivity index (χ1v) is 9.35. The van der Waals surface area contributed by atoms with E-state index in [2.05, 4.69) is 11.4 Å². The van der Waals surface area contributed by atoms with Crippen molar-refractivity contribution < 1.29 is 14.0 Å². The number of allylic oxidation sites excluding steroid dienone is 1. The van der Waals surface area contributed by atoms with Crippen molar-refractivity contribution >= 4 is 11.9 Å². The molecule has 1 N–H and O–H groups in total. The predicted octanol–water partition coefficient (Wildman–Crippen LogP) is 3.07. The Kier molecular flexibility index (Phi) is 6.26. The van der Waals surface area contributed by atoms with Gasteiger partial charge in [-0.15, -0.1) is 0 Å². The van der Waals surface area contributed by atoms with Crippen molar-refractivity contribution in [2.75, 3.05) is 26.2 Å². The van der Waals surface area contributed by atoms with E-state index in [0.717, 1.165) is 19.3 Å². The van der Waals surface area contributed by atoms with Crippen LogP contribution in [0.1, 0.15) is 37.7 Å². The summed E-state index contributed by atoms with van der Waals surface area (Å²) >= 11 is 0. The summed E-state index contributed by atoms with van der Waals surface area (Å²) in [4.78, 5) is 27.6. The Hall–Kier alpha value is -2.37. The van der Waals surface area contributed by atoms with Crippen LogP contribution in [0.3, 0.4) is 0 Å². The van der Waals surface area contributed by atoms with Crippen LogP contribution in [-0.2, 0) is 11.3 Å². The van der Waals surface area contributed by atoms with E-state index in [1.807, 2.05) is 0 Å². The van der Waals surface area contributed by atoms with E-state index < -0.39 is 0 Å². The maximum Gasteiger partial charge on any atom is 0.320 e. The van der Waals surface area contributed by atoms with Gasteiger partial charge >= 0.3 is 6.03 Å². The minimum Gasteiger partial charge on any atom is -0.354 e. The first-order valence-electron chi connectivity index (χ1n) is 9.35. The van der Waals surface area contributed by atoms with Crippen molar-refractivity contribution in [1.82, 2.24) is 15.1 Å². The molecule has 0 spiro atoms. The van der Waals surface area contributed by atoms with Crippen LogP contribution in [0, 0.1) is 5.82 Å². The number of hydrogen-bond donors (Lipinski definition) is 1. The second-order valence-corrected chi connectivity index (χ2v) is 6.93. The maximum atomic E-state index is 13.7. The van der Waals surface area contributed by atoms with E-state index >= 15 is 0 Å². The van der Waals surface area contributed by atoms with Crippen LogP contribution in [0.25, 0.3) is 0 Å². The molecule has 3 rings (SSSR count). The summed E-state index contributed by atoms with van der Waals surface area (Å²) in [6.45, 7) is 1.91. The molecule has 3 amide bonds. The zero-order valence-electron chi connectivity index (χ0n) is 15.0. The zero-order chi connectivity index (χ0) is 18.4. The van der Waals surface area contributed by atoms with Crippen molar-refractivity contribution in [2.45, 2.75) is 38.6 Å². The Bertz CT molecular complexity index is 689. The molecule has 2 aliphatic rings. The van der Waals surface area contributed by atoms with Crippen molar-refractivity contribution in [3.05, 3.63) is 47.3 Å². The maximum absolute atomic E-state index is 13.7. The Morgan fingerprint density at radius 1 is 1.15 bits per heavy atom. The molecule has 0 atom stereocenters. The molecule has 5 nitrogen and oxygen atoms in total. The van der Waals surface area contributed by atoms with Crippen molar-refractivity contribution in [2.24, 2.45) is 0 Å². The lowest BCUT2D eigenvalue weighted by Gasteiger charge is -2.19. The summed E-state index contributed by atoms with van der Waals surface area (Å²) in [5, 5.41) is 2.90. The second kappa shape index (κ2) is 8.83. The summed E-state index contributed by atoms with van der Waals surface area (Å²) in [6, 6.07) is 6.25. The van der Waals surface area contributed by atoms with Crippen LogP contribution in [-0.4, -0.2) is 47.9 Å². The molecule has 1 heterocycles. The average Bonchev–Trinajstić information content (AvgIpc) is 2.98. The van der Waals surface area contributed by atoms with Crippen LogP contribution >= 0.6 is 0 Å². The van der Waals surface area contributed by atoms with Crippen LogP contribution in [0.5, 0.6) is 0 Å². The highest BCUT2D eigenvalue weighted by atomic mass is 19.1. The van der Waals surface area contributed by atoms with Gasteiger partial charge in [0.1, 0.15) is 12.4 Å². The molecular weight excluding hydrogens is 333 g/mol. The Labute approximate surface area is 153 Å². The van der Waals surface area contributed by atoms with E-state index in [1.54, 1.807) is 23.1 Å². The highest BCUT2D eigenvalue weighted by molar-refractivity contribution is 5.85. The lowest BCUT2D eigenvalue weighted by molar-refractivity contribution is -0.121. The normalized spacial score (nSPS) is 17.4. The highest BCUT2D eigenvalue weighted by Gasteiger charge is 2.30. The Morgan fingerprint density at radius 3 is 2.73 bits per heavy atom. The van der Waals surface area contributed by atoms with E-state index in [0.29, 0.717) is 25.2 Å². The van der Waals surface area contributed by atoms with E-state index in [-0.39, 0.29) is 30.8 Å². The Balaban J connectivity index is 1.42. The van der Waals surface area contributed by atoms with Gasteiger partial charge in [-0.3, -0.25) is 4.79 Å². The number of carbonyl (C=O) groups is 2. The average molecular weight is 359 g/mol. The van der Waals surface area contributed by atoms with Gasteiger partial charge in [0, 0.05) is 25.2 Å². The molecule has 1 aliphatic carbocycles. The number of amides is 3. The van der Waals surface area contributed by atoms with Crippen molar-refractivity contribution in [3.8, 4) is 0 Å². The SMILES string of the molecule is O=C(CN1CCN(Cc2ccccc2F)C1=O)NCCC1=CCCCC1. The summed E-state index contributed by atoms with van der Waals surface area (Å²) in [5.74, 6) is -0.448. The summed E-state index contributed by atoms with van der Waals surface area (Å²) in [5.41, 5.74) is 1.91. The number of rotatable bonds is 7. The molecule has 1 aromatic rings. The van der Waals surface area contributed by atoms with Crippen molar-refractivity contribution in [3.63, 3.8) is 0 Å². The molecule has 1 saturated heterocycles. The predicted molar refractivity (Wildman–Crippen MR) is 98.0 cm³/mol. The standard InChI is InChI=1S/C20H26FN3O2/c21-18-9-5-4-8-17(18)14-23-12-13-24(20(23)26)15-19(25)22-11-10-16-6-2-1-3-7-16/h4-6,8-9H,1-3,7,10-15H2,(H,22,25). The van der Waals surface area contributed by atoms with Gasteiger partial charge in [0.15, 0.2) is 0 Å². The van der Waals surface area contributed by atoms with Crippen LogP contribution in [0.2, 0.25) is 0 Å². The molecular formula is C20H26FN3O2. The number of benzene rings is 1. The summed E-state index contributed by atoms with van der Waals surface area (Å²) in [6.07, 6.45) is 7.93. The number of urea groups is 1. The smallest absolute Gasteiger partial charge is 0.320 e. The van der Waals surface area contributed by atoms with E-state index in [1.165, 1.54) is 29.4 Å². The molecule has 26 heavy (non-hydrogen) atoms. The lowest BCUT2D eigenvalue weighted by Crippen LogP contribution is -2.40. The lowest BCUT2D eigenvalue weighted by atomic mass is 9.97. The first kappa shape index (κ1) is 18.4. The number of hydrogen-bond acceptors (Lipinski definition) is 2. The van der Waals surface area contributed by atoms with Gasteiger partial charge < -0.3 is 15.1 Å². The summed E-state index contributed by atoms with van der Waals surface area (Å²) < 4.78 is 13.7. The second-order valence-electron chi connectivity index (χ2n) is 6.93. The molecule has 1 aromatic carbocycles. The molecule has 6 heteroatoms. The van der Waals surface area contributed by atoms with Gasteiger partial charge in [0.05, 0.1) is 6.54 Å². The number of halogens is 1. The van der Waals surface area contributed by atoms with E-state index in [4.69, 9.17) is 0 Å². The van der Waals surface area contributed by atoms with Gasteiger partial charge in [-0.1, -0.05) is 29.8 Å². The monoisotopic (exact) mass is 359 g/mol. The third kappa shape index (κ3) is 4.84. The van der Waals surface area contributed by atoms with Gasteiger partial charge in [0.25, 0.3) is 0 Å². The molecule has 0 saturated carbocycles. The fourth-order valence-corrected chi connectivity index (χ4v) is 3.48. The van der Waals surface area contributed by atoms with Gasteiger partial charge in [0.2, 0.25) is 5.91 Å². The third-order valence-corrected chi connectivity index (χ3v) is 4.99. The molecule has 1 aliphatic heterocycles. The summed E-state index contributed by atoms with van der Waals surface area (Å²) in [7, 11) is 0. The highest BCUT2D eigenvalue weighted by Crippen LogP contribution is 2.19. The molecule has 0 aromatic heterocycles. The van der Waals surface area contributed by atoms with Gasteiger partial charge in [-0.2, -0.15) is 0 Å². The zero-order valence-corrected chi connectivity index (χ0v) is 15.0. The van der Waals surface area contributed by atoms with Crippen molar-refractivity contribution in [1.29, 1.82) is 0 Å². The number of nitrogens with zero attached hydrogens (tertiary/aromatic N) is 2. The van der Waals surface area contributed by atoms with Crippen LogP contribution in [0.15, 0.2) is 35.9 Å². The Morgan fingerprint density at radius 2 is 1.96 bits per heavy atom. The molecule has 1 fully saturated rings. The molecule has 140 valence electrons. The molecule has 0 unspecified atom stereocenters. The topological polar surface area (TPSA) is 52.7 Å². The van der Waals surface area contributed by atoms with E-state index in [9.17, 15) is 14.0 Å².